The van der Waals surface area contributed by atoms with Crippen molar-refractivity contribution in [2.75, 3.05) is 19.6 Å². The fourth-order valence-corrected chi connectivity index (χ4v) is 6.05. The summed E-state index contributed by atoms with van der Waals surface area (Å²) in [7, 11) is -3.73. The van der Waals surface area contributed by atoms with Gasteiger partial charge in [-0.05, 0) is 62.1 Å². The number of hydrogen-bond acceptors (Lipinski definition) is 5. The second kappa shape index (κ2) is 8.34. The van der Waals surface area contributed by atoms with E-state index < -0.39 is 10.0 Å². The zero-order valence-electron chi connectivity index (χ0n) is 18.2. The Bertz CT molecular complexity index is 1360. The molecule has 32 heavy (non-hydrogen) atoms. The summed E-state index contributed by atoms with van der Waals surface area (Å²) in [6, 6.07) is 13.8. The Balaban J connectivity index is 1.59. The Kier molecular flexibility index (Phi) is 5.71. The van der Waals surface area contributed by atoms with Gasteiger partial charge in [-0.15, -0.1) is 0 Å². The first kappa shape index (κ1) is 21.9. The van der Waals surface area contributed by atoms with Crippen molar-refractivity contribution in [1.29, 1.82) is 5.26 Å². The molecular formula is C24H24N4O3S. The van der Waals surface area contributed by atoms with Crippen LogP contribution in [-0.2, 0) is 10.0 Å². The molecule has 1 aliphatic rings. The maximum atomic E-state index is 13.4. The minimum Gasteiger partial charge on any atom is -0.333 e. The fourth-order valence-electron chi connectivity index (χ4n) is 4.33. The highest BCUT2D eigenvalue weighted by Crippen LogP contribution is 2.27. The van der Waals surface area contributed by atoms with Crippen LogP contribution in [0.2, 0.25) is 0 Å². The smallest absolute Gasteiger partial charge is 0.254 e. The minimum absolute atomic E-state index is 0.120. The zero-order valence-corrected chi connectivity index (χ0v) is 19.1. The lowest BCUT2D eigenvalue weighted by molar-refractivity contribution is 0.0593. The molecule has 7 nitrogen and oxygen atoms in total. The third-order valence-electron chi connectivity index (χ3n) is 5.98. The van der Waals surface area contributed by atoms with Crippen LogP contribution in [-0.4, -0.2) is 54.2 Å². The molecule has 1 amide bonds. The van der Waals surface area contributed by atoms with Crippen LogP contribution >= 0.6 is 0 Å². The summed E-state index contributed by atoms with van der Waals surface area (Å²) < 4.78 is 27.9. The lowest BCUT2D eigenvalue weighted by Gasteiger charge is -2.39. The third-order valence-corrected chi connectivity index (χ3v) is 8.01. The van der Waals surface area contributed by atoms with Crippen molar-refractivity contribution in [3.05, 3.63) is 71.0 Å². The molecule has 1 aromatic heterocycles. The van der Waals surface area contributed by atoms with Crippen molar-refractivity contribution >= 4 is 26.7 Å². The molecule has 0 saturated carbocycles. The molecule has 4 rings (SSSR count). The molecule has 0 aliphatic carbocycles. The number of nitrogens with zero attached hydrogens (tertiary/aromatic N) is 4. The number of carbonyl (C=O) groups excluding carboxylic acids is 1. The first-order valence-corrected chi connectivity index (χ1v) is 11.8. The summed E-state index contributed by atoms with van der Waals surface area (Å²) >= 11 is 0. The zero-order chi connectivity index (χ0) is 23.0. The molecule has 0 unspecified atom stereocenters. The first-order chi connectivity index (χ1) is 15.2. The van der Waals surface area contributed by atoms with Crippen LogP contribution in [0, 0.1) is 25.2 Å². The number of hydrogen-bond donors (Lipinski definition) is 0. The second-order valence-corrected chi connectivity index (χ2v) is 10.0. The number of sulfonamides is 1. The maximum absolute atomic E-state index is 13.4. The Morgan fingerprint density at radius 1 is 1.16 bits per heavy atom. The van der Waals surface area contributed by atoms with E-state index in [-0.39, 0.29) is 29.9 Å². The number of aryl methyl sites for hydroxylation is 2. The summed E-state index contributed by atoms with van der Waals surface area (Å²) in [6.07, 6.45) is 1.73. The van der Waals surface area contributed by atoms with Crippen LogP contribution in [0.25, 0.3) is 10.8 Å². The Labute approximate surface area is 188 Å². The Morgan fingerprint density at radius 3 is 2.62 bits per heavy atom. The highest BCUT2D eigenvalue weighted by molar-refractivity contribution is 7.89. The molecule has 1 saturated heterocycles. The summed E-state index contributed by atoms with van der Waals surface area (Å²) in [5, 5.41) is 10.8. The van der Waals surface area contributed by atoms with Crippen LogP contribution < -0.4 is 0 Å². The van der Waals surface area contributed by atoms with Crippen LogP contribution in [0.4, 0.5) is 0 Å². The van der Waals surface area contributed by atoms with Gasteiger partial charge in [0.05, 0.1) is 16.5 Å². The van der Waals surface area contributed by atoms with Gasteiger partial charge in [0.25, 0.3) is 5.91 Å². The van der Waals surface area contributed by atoms with E-state index in [1.165, 1.54) is 16.4 Å². The largest absolute Gasteiger partial charge is 0.333 e. The summed E-state index contributed by atoms with van der Waals surface area (Å²) in [6.45, 7) is 6.14. The molecule has 3 aromatic rings. The molecule has 2 heterocycles. The standard InChI is InChI=1S/C24H24N4O3S/c1-16-13-19(14-25)7-8-22(16)32(30,31)27-11-12-28(17(2)15-27)24(29)21-6-4-5-20-9-10-26-18(3)23(20)21/h4-10,13,17H,11-12,15H2,1-3H3/t17-/m0/s1. The van der Waals surface area contributed by atoms with E-state index in [1.807, 2.05) is 38.1 Å². The van der Waals surface area contributed by atoms with Gasteiger partial charge in [-0.3, -0.25) is 9.78 Å². The van der Waals surface area contributed by atoms with Gasteiger partial charge in [0.2, 0.25) is 10.0 Å². The van der Waals surface area contributed by atoms with E-state index in [2.05, 4.69) is 4.98 Å². The molecule has 1 fully saturated rings. The summed E-state index contributed by atoms with van der Waals surface area (Å²) in [5.41, 5.74) is 2.33. The third kappa shape index (κ3) is 3.74. The predicted molar refractivity (Wildman–Crippen MR) is 122 cm³/mol. The SMILES string of the molecule is Cc1cc(C#N)ccc1S(=O)(=O)N1CCN(C(=O)c2cccc3ccnc(C)c23)[C@@H](C)C1. The first-order valence-electron chi connectivity index (χ1n) is 10.4. The van der Waals surface area contributed by atoms with Gasteiger partial charge in [0.15, 0.2) is 0 Å². The van der Waals surface area contributed by atoms with Gasteiger partial charge in [-0.2, -0.15) is 9.57 Å². The molecule has 1 atom stereocenters. The number of fused-ring (bicyclic) bond motifs is 1. The van der Waals surface area contributed by atoms with E-state index in [0.717, 1.165) is 16.5 Å². The van der Waals surface area contributed by atoms with Crippen molar-refractivity contribution in [3.8, 4) is 6.07 Å². The number of pyridine rings is 1. The highest BCUT2D eigenvalue weighted by atomic mass is 32.2. The Hall–Kier alpha value is -3.28. The second-order valence-electron chi connectivity index (χ2n) is 8.10. The van der Waals surface area contributed by atoms with Gasteiger partial charge in [0, 0.05) is 48.5 Å². The molecule has 1 aliphatic heterocycles. The average Bonchev–Trinajstić information content (AvgIpc) is 2.78. The van der Waals surface area contributed by atoms with Crippen LogP contribution in [0.1, 0.15) is 34.1 Å². The molecular weight excluding hydrogens is 424 g/mol. The van der Waals surface area contributed by atoms with Crippen molar-refractivity contribution in [1.82, 2.24) is 14.2 Å². The van der Waals surface area contributed by atoms with Gasteiger partial charge in [-0.25, -0.2) is 8.42 Å². The maximum Gasteiger partial charge on any atom is 0.254 e. The number of nitriles is 1. The highest BCUT2D eigenvalue weighted by Gasteiger charge is 2.35. The minimum atomic E-state index is -3.73. The van der Waals surface area contributed by atoms with Crippen LogP contribution in [0.15, 0.2) is 53.6 Å². The quantitative estimate of drug-likeness (QED) is 0.613. The predicted octanol–water partition coefficient (Wildman–Crippen LogP) is 3.26. The molecule has 2 aromatic carbocycles. The number of amides is 1. The number of rotatable bonds is 3. The molecule has 0 spiro atoms. The Morgan fingerprint density at radius 2 is 1.94 bits per heavy atom. The monoisotopic (exact) mass is 448 g/mol. The van der Waals surface area contributed by atoms with E-state index in [9.17, 15) is 13.2 Å². The van der Waals surface area contributed by atoms with Crippen molar-refractivity contribution in [2.45, 2.75) is 31.7 Å². The lowest BCUT2D eigenvalue weighted by Crippen LogP contribution is -2.55. The lowest BCUT2D eigenvalue weighted by atomic mass is 10.0. The topological polar surface area (TPSA) is 94.4 Å². The van der Waals surface area contributed by atoms with E-state index in [4.69, 9.17) is 5.26 Å². The van der Waals surface area contributed by atoms with E-state index in [1.54, 1.807) is 30.2 Å². The van der Waals surface area contributed by atoms with E-state index in [0.29, 0.717) is 23.2 Å². The number of benzene rings is 2. The van der Waals surface area contributed by atoms with Gasteiger partial charge in [-0.1, -0.05) is 12.1 Å². The molecule has 8 heteroatoms. The molecule has 164 valence electrons. The molecule has 0 radical (unpaired) electrons. The van der Waals surface area contributed by atoms with Crippen molar-refractivity contribution in [3.63, 3.8) is 0 Å². The fraction of sp³-hybridized carbons (Fsp3) is 0.292. The van der Waals surface area contributed by atoms with Crippen molar-refractivity contribution in [2.24, 2.45) is 0 Å². The number of aromatic nitrogens is 1. The van der Waals surface area contributed by atoms with Gasteiger partial charge >= 0.3 is 0 Å². The number of carbonyl (C=O) groups is 1. The number of piperazine rings is 1. The van der Waals surface area contributed by atoms with Gasteiger partial charge < -0.3 is 4.90 Å². The summed E-state index contributed by atoms with van der Waals surface area (Å²) in [5.74, 6) is -0.120. The van der Waals surface area contributed by atoms with Crippen molar-refractivity contribution < 1.29 is 13.2 Å². The van der Waals surface area contributed by atoms with Gasteiger partial charge in [0.1, 0.15) is 0 Å². The summed E-state index contributed by atoms with van der Waals surface area (Å²) in [4.78, 5) is 19.7. The molecule has 0 bridgehead atoms. The van der Waals surface area contributed by atoms with Crippen LogP contribution in [0.3, 0.4) is 0 Å². The van der Waals surface area contributed by atoms with Crippen LogP contribution in [0.5, 0.6) is 0 Å². The average molecular weight is 449 g/mol. The van der Waals surface area contributed by atoms with E-state index >= 15 is 0 Å². The molecule has 0 N–H and O–H groups in total. The normalized spacial score (nSPS) is 17.3.